The van der Waals surface area contributed by atoms with Gasteiger partial charge in [0.15, 0.2) is 0 Å². The molecule has 0 unspecified atom stereocenters. The summed E-state index contributed by atoms with van der Waals surface area (Å²) in [5.41, 5.74) is 5.04. The highest BCUT2D eigenvalue weighted by molar-refractivity contribution is 7.91. The molecule has 0 atom stereocenters. The molecular weight excluding hydrogens is 336 g/mol. The summed E-state index contributed by atoms with van der Waals surface area (Å²) in [4.78, 5) is 0.227. The van der Waals surface area contributed by atoms with Crippen LogP contribution in [-0.2, 0) is 10.0 Å². The third-order valence-electron chi connectivity index (χ3n) is 3.57. The van der Waals surface area contributed by atoms with Crippen LogP contribution in [0.25, 0.3) is 0 Å². The van der Waals surface area contributed by atoms with Gasteiger partial charge in [-0.25, -0.2) is 8.42 Å². The number of thiocarbonyl (C=S) groups is 1. The summed E-state index contributed by atoms with van der Waals surface area (Å²) in [7, 11) is -3.64. The summed E-state index contributed by atoms with van der Waals surface area (Å²) in [5.74, 6) is 0. The van der Waals surface area contributed by atoms with Crippen LogP contribution in [0.1, 0.15) is 38.5 Å². The first-order valence-corrected chi connectivity index (χ1v) is 9.54. The molecule has 3 N–H and O–H groups in total. The predicted octanol–water partition coefficient (Wildman–Crippen LogP) is 3.06. The van der Waals surface area contributed by atoms with E-state index in [1.807, 2.05) is 0 Å². The minimum Gasteiger partial charge on any atom is -0.392 e. The van der Waals surface area contributed by atoms with Crippen molar-refractivity contribution in [3.8, 4) is 0 Å². The molecule has 0 amide bonds. The molecule has 1 aliphatic rings. The fraction of sp³-hybridized carbons (Fsp3) is 0.583. The van der Waals surface area contributed by atoms with Crippen molar-refractivity contribution < 1.29 is 8.42 Å². The Morgan fingerprint density at radius 3 is 2.35 bits per heavy atom. The zero-order valence-electron chi connectivity index (χ0n) is 10.9. The van der Waals surface area contributed by atoms with Gasteiger partial charge >= 0.3 is 0 Å². The van der Waals surface area contributed by atoms with E-state index in [2.05, 4.69) is 4.72 Å². The van der Waals surface area contributed by atoms with E-state index in [1.165, 1.54) is 6.07 Å². The average Bonchev–Trinajstić information content (AvgIpc) is 2.67. The molecule has 0 aromatic carbocycles. The van der Waals surface area contributed by atoms with Crippen LogP contribution in [0.5, 0.6) is 0 Å². The third-order valence-corrected chi connectivity index (χ3v) is 7.22. The summed E-state index contributed by atoms with van der Waals surface area (Å²) in [5, 5.41) is 0. The van der Waals surface area contributed by atoms with Crippen molar-refractivity contribution in [2.24, 2.45) is 5.73 Å². The van der Waals surface area contributed by atoms with Crippen molar-refractivity contribution in [3.05, 3.63) is 16.5 Å². The number of thiophene rings is 1. The zero-order chi connectivity index (χ0) is 14.8. The molecule has 0 bridgehead atoms. The number of halogens is 1. The van der Waals surface area contributed by atoms with Crippen molar-refractivity contribution in [3.63, 3.8) is 0 Å². The van der Waals surface area contributed by atoms with Gasteiger partial charge in [-0.2, -0.15) is 4.72 Å². The highest BCUT2D eigenvalue weighted by Crippen LogP contribution is 2.31. The first kappa shape index (κ1) is 16.2. The Morgan fingerprint density at radius 2 is 1.90 bits per heavy atom. The normalized spacial score (nSPS) is 19.4. The average molecular weight is 353 g/mol. The summed E-state index contributed by atoms with van der Waals surface area (Å²) in [6.07, 6.45) is 5.31. The van der Waals surface area contributed by atoms with E-state index in [0.717, 1.165) is 37.0 Å². The maximum atomic E-state index is 12.5. The van der Waals surface area contributed by atoms with Gasteiger partial charge in [-0.05, 0) is 25.0 Å². The molecule has 0 aliphatic heterocycles. The van der Waals surface area contributed by atoms with Crippen molar-refractivity contribution in [1.82, 2.24) is 4.72 Å². The van der Waals surface area contributed by atoms with Crippen molar-refractivity contribution in [2.75, 3.05) is 0 Å². The van der Waals surface area contributed by atoms with Gasteiger partial charge in [0.25, 0.3) is 10.0 Å². The largest absolute Gasteiger partial charge is 0.392 e. The maximum Gasteiger partial charge on any atom is 0.250 e. The lowest BCUT2D eigenvalue weighted by Crippen LogP contribution is -2.56. The summed E-state index contributed by atoms with van der Waals surface area (Å²) < 4.78 is 28.3. The lowest BCUT2D eigenvalue weighted by atomic mass is 9.91. The van der Waals surface area contributed by atoms with Gasteiger partial charge in [-0.3, -0.25) is 0 Å². The third kappa shape index (κ3) is 3.51. The van der Waals surface area contributed by atoms with Crippen LogP contribution in [0.4, 0.5) is 0 Å². The van der Waals surface area contributed by atoms with Gasteiger partial charge in [0, 0.05) is 0 Å². The first-order valence-electron chi connectivity index (χ1n) is 6.45. The summed E-state index contributed by atoms with van der Waals surface area (Å²) >= 11 is 12.0. The predicted molar refractivity (Wildman–Crippen MR) is 86.9 cm³/mol. The van der Waals surface area contributed by atoms with Crippen LogP contribution in [0, 0.1) is 0 Å². The Hall–Kier alpha value is -0.210. The lowest BCUT2D eigenvalue weighted by molar-refractivity contribution is 0.441. The van der Waals surface area contributed by atoms with E-state index in [-0.39, 0.29) is 9.20 Å². The molecule has 1 fully saturated rings. The number of sulfonamides is 1. The van der Waals surface area contributed by atoms with Gasteiger partial charge < -0.3 is 5.73 Å². The van der Waals surface area contributed by atoms with Gasteiger partial charge in [0.2, 0.25) is 0 Å². The second-order valence-electron chi connectivity index (χ2n) is 5.02. The molecule has 0 radical (unpaired) electrons. The number of hydrogen-bond donors (Lipinski definition) is 2. The minimum absolute atomic E-state index is 0.197. The van der Waals surface area contributed by atoms with Gasteiger partial charge in [0.1, 0.15) is 4.21 Å². The summed E-state index contributed by atoms with van der Waals surface area (Å²) in [6, 6.07) is 3.07. The van der Waals surface area contributed by atoms with Crippen LogP contribution in [0.15, 0.2) is 16.3 Å². The molecule has 2 rings (SSSR count). The Balaban J connectivity index is 2.30. The molecule has 1 heterocycles. The lowest BCUT2D eigenvalue weighted by Gasteiger charge is -2.32. The Labute approximate surface area is 133 Å². The molecular formula is C12H17ClN2O2S3. The topological polar surface area (TPSA) is 72.2 Å². The molecule has 1 aromatic rings. The van der Waals surface area contributed by atoms with Crippen molar-refractivity contribution in [1.29, 1.82) is 0 Å². The standard InChI is InChI=1S/C12H17ClN2O2S3/c13-9-5-6-10(19-9)20(16,17)15-12(11(14)18)7-3-1-2-4-8-12/h5-6,15H,1-4,7-8H2,(H2,14,18). The number of rotatable bonds is 4. The molecule has 20 heavy (non-hydrogen) atoms. The molecule has 1 aromatic heterocycles. The molecule has 1 aliphatic carbocycles. The Bertz CT molecular complexity index is 590. The maximum absolute atomic E-state index is 12.5. The Kier molecular flexibility index (Phi) is 5.07. The number of hydrogen-bond acceptors (Lipinski definition) is 4. The molecule has 0 saturated heterocycles. The summed E-state index contributed by atoms with van der Waals surface area (Å²) in [6.45, 7) is 0. The SMILES string of the molecule is NC(=S)C1(NS(=O)(=O)c2ccc(Cl)s2)CCCCCC1. The fourth-order valence-corrected chi connectivity index (χ4v) is 5.72. The van der Waals surface area contributed by atoms with Crippen LogP contribution in [-0.4, -0.2) is 18.9 Å². The van der Waals surface area contributed by atoms with Crippen molar-refractivity contribution >= 4 is 50.2 Å². The number of nitrogens with one attached hydrogen (secondary N) is 1. The van der Waals surface area contributed by atoms with Crippen molar-refractivity contribution in [2.45, 2.75) is 48.3 Å². The van der Waals surface area contributed by atoms with E-state index in [0.29, 0.717) is 17.2 Å². The van der Waals surface area contributed by atoms with E-state index in [1.54, 1.807) is 6.07 Å². The van der Waals surface area contributed by atoms with Crippen LogP contribution in [0.2, 0.25) is 4.34 Å². The highest BCUT2D eigenvalue weighted by atomic mass is 35.5. The minimum atomic E-state index is -3.64. The van der Waals surface area contributed by atoms with Crippen LogP contribution in [0.3, 0.4) is 0 Å². The highest BCUT2D eigenvalue weighted by Gasteiger charge is 2.38. The second kappa shape index (κ2) is 6.27. The van der Waals surface area contributed by atoms with Crippen LogP contribution < -0.4 is 10.5 Å². The van der Waals surface area contributed by atoms with Gasteiger partial charge in [-0.15, -0.1) is 11.3 Å². The van der Waals surface area contributed by atoms with E-state index in [4.69, 9.17) is 29.6 Å². The smallest absolute Gasteiger partial charge is 0.250 e. The molecule has 0 spiro atoms. The molecule has 112 valence electrons. The Morgan fingerprint density at radius 1 is 1.30 bits per heavy atom. The number of nitrogens with two attached hydrogens (primary N) is 1. The van der Waals surface area contributed by atoms with Gasteiger partial charge in [0.05, 0.1) is 14.9 Å². The zero-order valence-corrected chi connectivity index (χ0v) is 14.1. The molecule has 4 nitrogen and oxygen atoms in total. The first-order chi connectivity index (χ1) is 9.36. The molecule has 1 saturated carbocycles. The monoisotopic (exact) mass is 352 g/mol. The van der Waals surface area contributed by atoms with Gasteiger partial charge in [-0.1, -0.05) is 49.5 Å². The van der Waals surface area contributed by atoms with E-state index in [9.17, 15) is 8.42 Å². The fourth-order valence-electron chi connectivity index (χ4n) is 2.48. The van der Waals surface area contributed by atoms with E-state index < -0.39 is 15.6 Å². The second-order valence-corrected chi connectivity index (χ2v) is 9.09. The van der Waals surface area contributed by atoms with Crippen LogP contribution >= 0.6 is 35.2 Å². The van der Waals surface area contributed by atoms with E-state index >= 15 is 0 Å². The molecule has 8 heteroatoms. The quantitative estimate of drug-likeness (QED) is 0.645.